The molecule has 140 valence electrons. The van der Waals surface area contributed by atoms with Crippen molar-refractivity contribution in [2.75, 3.05) is 4.90 Å². The molecule has 1 saturated heterocycles. The summed E-state index contributed by atoms with van der Waals surface area (Å²) in [5.74, 6) is -0.207. The van der Waals surface area contributed by atoms with E-state index in [0.717, 1.165) is 19.3 Å². The minimum absolute atomic E-state index is 0.0772. The standard InChI is InChI=1S/C22H24N2O3/c25-20(23-16-4-2-1-3-5-16)13-8-10-17(11-9-13)24-21(26)18-14-6-7-15(12-14)19(18)22(24)27/h6-11,14-16,18-19H,1-5,12H2,(H,23,25)/t14-,15+,18-,19+. The lowest BCUT2D eigenvalue weighted by molar-refractivity contribution is -0.123. The van der Waals surface area contributed by atoms with Gasteiger partial charge in [0.15, 0.2) is 0 Å². The maximum atomic E-state index is 12.9. The molecule has 5 heteroatoms. The zero-order valence-corrected chi connectivity index (χ0v) is 15.3. The molecule has 0 radical (unpaired) electrons. The molecule has 2 saturated carbocycles. The Kier molecular flexibility index (Phi) is 3.92. The number of allylic oxidation sites excluding steroid dienone is 2. The van der Waals surface area contributed by atoms with Crippen molar-refractivity contribution in [1.82, 2.24) is 5.32 Å². The molecule has 1 heterocycles. The number of hydrogen-bond donors (Lipinski definition) is 1. The minimum Gasteiger partial charge on any atom is -0.349 e. The molecular formula is C22H24N2O3. The Labute approximate surface area is 158 Å². The van der Waals surface area contributed by atoms with Crippen LogP contribution in [0.1, 0.15) is 48.9 Å². The number of nitrogens with one attached hydrogen (secondary N) is 1. The number of rotatable bonds is 3. The molecule has 0 aromatic heterocycles. The molecule has 5 rings (SSSR count). The van der Waals surface area contributed by atoms with Crippen molar-refractivity contribution in [3.8, 4) is 0 Å². The number of benzene rings is 1. The van der Waals surface area contributed by atoms with Crippen molar-refractivity contribution in [2.45, 2.75) is 44.6 Å². The van der Waals surface area contributed by atoms with Gasteiger partial charge in [0.2, 0.25) is 11.8 Å². The molecule has 2 bridgehead atoms. The molecule has 5 nitrogen and oxygen atoms in total. The second-order valence-corrected chi connectivity index (χ2v) is 8.37. The van der Waals surface area contributed by atoms with Crippen LogP contribution in [0.25, 0.3) is 0 Å². The van der Waals surface area contributed by atoms with Gasteiger partial charge >= 0.3 is 0 Å². The summed E-state index contributed by atoms with van der Waals surface area (Å²) < 4.78 is 0. The number of amides is 3. The van der Waals surface area contributed by atoms with Crippen LogP contribution in [-0.4, -0.2) is 23.8 Å². The zero-order valence-electron chi connectivity index (χ0n) is 15.3. The molecule has 4 atom stereocenters. The Bertz CT molecular complexity index is 792. The van der Waals surface area contributed by atoms with E-state index in [1.807, 2.05) is 0 Å². The van der Waals surface area contributed by atoms with E-state index in [4.69, 9.17) is 0 Å². The van der Waals surface area contributed by atoms with E-state index < -0.39 is 0 Å². The average molecular weight is 364 g/mol. The monoisotopic (exact) mass is 364 g/mol. The number of nitrogens with zero attached hydrogens (tertiary/aromatic N) is 1. The first kappa shape index (κ1) is 16.7. The second kappa shape index (κ2) is 6.32. The normalized spacial score (nSPS) is 32.2. The highest BCUT2D eigenvalue weighted by molar-refractivity contribution is 6.22. The van der Waals surface area contributed by atoms with Crippen molar-refractivity contribution in [2.24, 2.45) is 23.7 Å². The third-order valence-electron chi connectivity index (χ3n) is 6.80. The van der Waals surface area contributed by atoms with Crippen LogP contribution in [0.4, 0.5) is 5.69 Å². The quantitative estimate of drug-likeness (QED) is 0.662. The lowest BCUT2D eigenvalue weighted by Gasteiger charge is -2.23. The van der Waals surface area contributed by atoms with Crippen LogP contribution < -0.4 is 10.2 Å². The molecule has 3 amide bonds. The smallest absolute Gasteiger partial charge is 0.251 e. The van der Waals surface area contributed by atoms with E-state index >= 15 is 0 Å². The largest absolute Gasteiger partial charge is 0.349 e. The van der Waals surface area contributed by atoms with E-state index in [-0.39, 0.29) is 47.4 Å². The molecule has 1 aliphatic heterocycles. The summed E-state index contributed by atoms with van der Waals surface area (Å²) in [7, 11) is 0. The molecular weight excluding hydrogens is 340 g/mol. The van der Waals surface area contributed by atoms with E-state index in [1.165, 1.54) is 24.2 Å². The summed E-state index contributed by atoms with van der Waals surface area (Å²) in [5.41, 5.74) is 1.15. The fourth-order valence-corrected chi connectivity index (χ4v) is 5.43. The Morgan fingerprint density at radius 1 is 0.889 bits per heavy atom. The van der Waals surface area contributed by atoms with Crippen LogP contribution in [0, 0.1) is 23.7 Å². The van der Waals surface area contributed by atoms with Gasteiger partial charge < -0.3 is 5.32 Å². The van der Waals surface area contributed by atoms with Crippen molar-refractivity contribution >= 4 is 23.4 Å². The molecule has 0 unspecified atom stereocenters. The third kappa shape index (κ3) is 2.63. The van der Waals surface area contributed by atoms with Crippen LogP contribution in [-0.2, 0) is 9.59 Å². The van der Waals surface area contributed by atoms with Gasteiger partial charge in [-0.1, -0.05) is 31.4 Å². The topological polar surface area (TPSA) is 66.5 Å². The molecule has 3 fully saturated rings. The Balaban J connectivity index is 1.31. The van der Waals surface area contributed by atoms with E-state index in [9.17, 15) is 14.4 Å². The molecule has 3 aliphatic carbocycles. The van der Waals surface area contributed by atoms with Gasteiger partial charge in [0.25, 0.3) is 5.91 Å². The van der Waals surface area contributed by atoms with Crippen LogP contribution in [0.3, 0.4) is 0 Å². The van der Waals surface area contributed by atoms with Gasteiger partial charge in [0, 0.05) is 11.6 Å². The zero-order chi connectivity index (χ0) is 18.5. The van der Waals surface area contributed by atoms with Crippen LogP contribution >= 0.6 is 0 Å². The van der Waals surface area contributed by atoms with Gasteiger partial charge in [0.1, 0.15) is 0 Å². The number of fused-ring (bicyclic) bond motifs is 5. The van der Waals surface area contributed by atoms with E-state index in [2.05, 4.69) is 17.5 Å². The summed E-state index contributed by atoms with van der Waals surface area (Å²) >= 11 is 0. The number of carbonyl (C=O) groups excluding carboxylic acids is 3. The second-order valence-electron chi connectivity index (χ2n) is 8.37. The fraction of sp³-hybridized carbons (Fsp3) is 0.500. The summed E-state index contributed by atoms with van der Waals surface area (Å²) in [6.07, 6.45) is 10.8. The van der Waals surface area contributed by atoms with Gasteiger partial charge in [-0.3, -0.25) is 19.3 Å². The van der Waals surface area contributed by atoms with Crippen LogP contribution in [0.15, 0.2) is 36.4 Å². The molecule has 1 aromatic rings. The predicted octanol–water partition coefficient (Wildman–Crippen LogP) is 3.06. The Morgan fingerprint density at radius 3 is 2.07 bits per heavy atom. The van der Waals surface area contributed by atoms with Gasteiger partial charge in [-0.05, 0) is 55.4 Å². The SMILES string of the molecule is O=C(NC1CCCCC1)c1ccc(N2C(=O)[C@@H]3[C@H](C2=O)[C@@H]2C=C[C@H]3C2)cc1. The summed E-state index contributed by atoms with van der Waals surface area (Å²) in [6.45, 7) is 0. The first-order chi connectivity index (χ1) is 13.1. The third-order valence-corrected chi connectivity index (χ3v) is 6.80. The fourth-order valence-electron chi connectivity index (χ4n) is 5.43. The van der Waals surface area contributed by atoms with E-state index in [1.54, 1.807) is 24.3 Å². The van der Waals surface area contributed by atoms with Crippen molar-refractivity contribution in [3.63, 3.8) is 0 Å². The predicted molar refractivity (Wildman–Crippen MR) is 101 cm³/mol. The van der Waals surface area contributed by atoms with E-state index in [0.29, 0.717) is 11.3 Å². The maximum Gasteiger partial charge on any atom is 0.251 e. The lowest BCUT2D eigenvalue weighted by atomic mass is 9.85. The average Bonchev–Trinajstić information content (AvgIpc) is 3.37. The van der Waals surface area contributed by atoms with Crippen molar-refractivity contribution in [3.05, 3.63) is 42.0 Å². The minimum atomic E-state index is -0.193. The highest BCUT2D eigenvalue weighted by atomic mass is 16.2. The molecule has 1 aromatic carbocycles. The Hall–Kier alpha value is -2.43. The maximum absolute atomic E-state index is 12.9. The first-order valence-electron chi connectivity index (χ1n) is 10.1. The molecule has 27 heavy (non-hydrogen) atoms. The van der Waals surface area contributed by atoms with Crippen LogP contribution in [0.5, 0.6) is 0 Å². The van der Waals surface area contributed by atoms with Gasteiger partial charge in [-0.25, -0.2) is 0 Å². The molecule has 0 spiro atoms. The van der Waals surface area contributed by atoms with Crippen molar-refractivity contribution in [1.29, 1.82) is 0 Å². The highest BCUT2D eigenvalue weighted by Gasteiger charge is 2.59. The van der Waals surface area contributed by atoms with Gasteiger partial charge in [-0.15, -0.1) is 0 Å². The first-order valence-corrected chi connectivity index (χ1v) is 10.1. The molecule has 4 aliphatic rings. The number of anilines is 1. The highest BCUT2D eigenvalue weighted by Crippen LogP contribution is 2.53. The summed E-state index contributed by atoms with van der Waals surface area (Å²) in [6, 6.07) is 7.14. The van der Waals surface area contributed by atoms with Gasteiger partial charge in [0.05, 0.1) is 17.5 Å². The number of carbonyl (C=O) groups is 3. The van der Waals surface area contributed by atoms with Crippen LogP contribution in [0.2, 0.25) is 0 Å². The van der Waals surface area contributed by atoms with Gasteiger partial charge in [-0.2, -0.15) is 0 Å². The van der Waals surface area contributed by atoms with Crippen molar-refractivity contribution < 1.29 is 14.4 Å². The summed E-state index contributed by atoms with van der Waals surface area (Å²) in [4.78, 5) is 39.5. The lowest BCUT2D eigenvalue weighted by Crippen LogP contribution is -2.36. The number of imide groups is 1. The Morgan fingerprint density at radius 2 is 1.48 bits per heavy atom. The summed E-state index contributed by atoms with van der Waals surface area (Å²) in [5, 5.41) is 3.10. The number of hydrogen-bond acceptors (Lipinski definition) is 3. The molecule has 1 N–H and O–H groups in total.